The molecule has 1 aliphatic carbocycles. The van der Waals surface area contributed by atoms with Gasteiger partial charge >= 0.3 is 0 Å². The predicted molar refractivity (Wildman–Crippen MR) is 96.3 cm³/mol. The topological polar surface area (TPSA) is 59.0 Å². The van der Waals surface area contributed by atoms with Crippen molar-refractivity contribution in [2.75, 3.05) is 20.8 Å². The zero-order valence-corrected chi connectivity index (χ0v) is 15.5. The number of amides is 1. The fraction of sp³-hybridized carbons (Fsp3) is 0.650. The number of benzene rings is 1. The third-order valence-corrected chi connectivity index (χ3v) is 5.84. The van der Waals surface area contributed by atoms with E-state index in [-0.39, 0.29) is 24.0 Å². The molecule has 0 spiro atoms. The first-order valence-corrected chi connectivity index (χ1v) is 9.28. The number of hydrogen-bond acceptors (Lipinski definition) is 4. The Morgan fingerprint density at radius 1 is 1.08 bits per heavy atom. The summed E-state index contributed by atoms with van der Waals surface area (Å²) in [5.74, 6) is 1.54. The number of aliphatic hydroxyl groups excluding tert-OH is 1. The molecule has 1 aromatic rings. The number of carbonyl (C=O) groups is 1. The van der Waals surface area contributed by atoms with Crippen LogP contribution < -0.4 is 9.47 Å². The van der Waals surface area contributed by atoms with Crippen LogP contribution in [0.25, 0.3) is 0 Å². The van der Waals surface area contributed by atoms with Crippen molar-refractivity contribution in [3.05, 3.63) is 23.3 Å². The Morgan fingerprint density at radius 3 is 2.32 bits per heavy atom. The highest BCUT2D eigenvalue weighted by Crippen LogP contribution is 2.36. The third kappa shape index (κ3) is 3.47. The SMILES string of the molecule is COc1cc(C(=O)N2CCCC2C2CCCCC2O)cc(OC)c1C. The molecule has 3 atom stereocenters. The first-order chi connectivity index (χ1) is 12.1. The molecule has 25 heavy (non-hydrogen) atoms. The average Bonchev–Trinajstić information content (AvgIpc) is 3.11. The second kappa shape index (κ2) is 7.65. The molecule has 0 bridgehead atoms. The van der Waals surface area contributed by atoms with Gasteiger partial charge in [-0.3, -0.25) is 4.79 Å². The standard InChI is InChI=1S/C20H29NO4/c1-13-18(24-2)11-14(12-19(13)25-3)20(23)21-10-6-8-16(21)15-7-4-5-9-17(15)22/h11-12,15-17,22H,4-10H2,1-3H3. The fourth-order valence-electron chi connectivity index (χ4n) is 4.45. The lowest BCUT2D eigenvalue weighted by molar-refractivity contribution is 0.0211. The molecule has 1 aromatic carbocycles. The highest BCUT2D eigenvalue weighted by atomic mass is 16.5. The van der Waals surface area contributed by atoms with Crippen LogP contribution in [0.15, 0.2) is 12.1 Å². The van der Waals surface area contributed by atoms with Gasteiger partial charge in [-0.1, -0.05) is 12.8 Å². The Labute approximate surface area is 149 Å². The van der Waals surface area contributed by atoms with Crippen molar-refractivity contribution in [2.24, 2.45) is 5.92 Å². The molecular formula is C20H29NO4. The van der Waals surface area contributed by atoms with Gasteiger partial charge in [0.15, 0.2) is 0 Å². The maximum Gasteiger partial charge on any atom is 0.254 e. The highest BCUT2D eigenvalue weighted by molar-refractivity contribution is 5.95. The normalized spacial score (nSPS) is 26.6. The summed E-state index contributed by atoms with van der Waals surface area (Å²) in [4.78, 5) is 15.1. The summed E-state index contributed by atoms with van der Waals surface area (Å²) in [6.45, 7) is 2.67. The van der Waals surface area contributed by atoms with Gasteiger partial charge in [0.25, 0.3) is 5.91 Å². The van der Waals surface area contributed by atoms with Crippen molar-refractivity contribution in [3.63, 3.8) is 0 Å². The van der Waals surface area contributed by atoms with Crippen LogP contribution >= 0.6 is 0 Å². The molecule has 5 nitrogen and oxygen atoms in total. The summed E-state index contributed by atoms with van der Waals surface area (Å²) in [6, 6.07) is 3.74. The van der Waals surface area contributed by atoms with Gasteiger partial charge in [0.2, 0.25) is 0 Å². The van der Waals surface area contributed by atoms with Gasteiger partial charge in [-0.05, 0) is 44.7 Å². The van der Waals surface area contributed by atoms with Crippen molar-refractivity contribution in [1.82, 2.24) is 4.90 Å². The lowest BCUT2D eigenvalue weighted by atomic mass is 9.80. The number of rotatable bonds is 4. The molecule has 1 saturated carbocycles. The highest BCUT2D eigenvalue weighted by Gasteiger charge is 2.39. The molecule has 5 heteroatoms. The molecule has 1 N–H and O–H groups in total. The van der Waals surface area contributed by atoms with Crippen LogP contribution in [0.5, 0.6) is 11.5 Å². The van der Waals surface area contributed by atoms with Crippen LogP contribution in [0.2, 0.25) is 0 Å². The maximum absolute atomic E-state index is 13.2. The van der Waals surface area contributed by atoms with Crippen LogP contribution in [0.1, 0.15) is 54.4 Å². The van der Waals surface area contributed by atoms with E-state index in [2.05, 4.69) is 0 Å². The second-order valence-corrected chi connectivity index (χ2v) is 7.23. The van der Waals surface area contributed by atoms with E-state index >= 15 is 0 Å². The Morgan fingerprint density at radius 2 is 1.72 bits per heavy atom. The van der Waals surface area contributed by atoms with Crippen LogP contribution in [0.4, 0.5) is 0 Å². The molecule has 1 aliphatic heterocycles. The number of carbonyl (C=O) groups excluding carboxylic acids is 1. The van der Waals surface area contributed by atoms with E-state index < -0.39 is 0 Å². The van der Waals surface area contributed by atoms with Crippen LogP contribution in [0, 0.1) is 12.8 Å². The average molecular weight is 347 g/mol. The first-order valence-electron chi connectivity index (χ1n) is 9.28. The number of hydrogen-bond donors (Lipinski definition) is 1. The van der Waals surface area contributed by atoms with Gasteiger partial charge in [-0.15, -0.1) is 0 Å². The summed E-state index contributed by atoms with van der Waals surface area (Å²) >= 11 is 0. The lowest BCUT2D eigenvalue weighted by Crippen LogP contribution is -2.45. The quantitative estimate of drug-likeness (QED) is 0.909. The van der Waals surface area contributed by atoms with Gasteiger partial charge < -0.3 is 19.5 Å². The molecular weight excluding hydrogens is 318 g/mol. The van der Waals surface area contributed by atoms with Crippen molar-refractivity contribution >= 4 is 5.91 Å². The van der Waals surface area contributed by atoms with Crippen LogP contribution in [-0.2, 0) is 0 Å². The Kier molecular flexibility index (Phi) is 5.52. The number of likely N-dealkylation sites (tertiary alicyclic amines) is 1. The van der Waals surface area contributed by atoms with Crippen molar-refractivity contribution in [1.29, 1.82) is 0 Å². The minimum absolute atomic E-state index is 0.0110. The van der Waals surface area contributed by atoms with E-state index in [1.165, 1.54) is 0 Å². The molecule has 1 amide bonds. The molecule has 2 aliphatic rings. The van der Waals surface area contributed by atoms with Gasteiger partial charge in [0, 0.05) is 29.6 Å². The predicted octanol–water partition coefficient (Wildman–Crippen LogP) is 3.17. The van der Waals surface area contributed by atoms with E-state index in [0.29, 0.717) is 17.1 Å². The maximum atomic E-state index is 13.2. The van der Waals surface area contributed by atoms with Crippen molar-refractivity contribution in [3.8, 4) is 11.5 Å². The first kappa shape index (κ1) is 18.1. The van der Waals surface area contributed by atoms with E-state index in [0.717, 1.165) is 50.6 Å². The van der Waals surface area contributed by atoms with Crippen molar-refractivity contribution in [2.45, 2.75) is 57.6 Å². The summed E-state index contributed by atoms with van der Waals surface area (Å²) in [7, 11) is 3.21. The van der Waals surface area contributed by atoms with Crippen LogP contribution in [0.3, 0.4) is 0 Å². The lowest BCUT2D eigenvalue weighted by Gasteiger charge is -2.37. The zero-order valence-electron chi connectivity index (χ0n) is 15.5. The molecule has 3 rings (SSSR count). The Balaban J connectivity index is 1.86. The van der Waals surface area contributed by atoms with E-state index in [9.17, 15) is 9.90 Å². The third-order valence-electron chi connectivity index (χ3n) is 5.84. The van der Waals surface area contributed by atoms with Gasteiger partial charge in [0.05, 0.1) is 20.3 Å². The molecule has 0 radical (unpaired) electrons. The van der Waals surface area contributed by atoms with Gasteiger partial charge in [0.1, 0.15) is 11.5 Å². The Bertz CT molecular complexity index is 605. The number of aliphatic hydroxyl groups is 1. The monoisotopic (exact) mass is 347 g/mol. The minimum Gasteiger partial charge on any atom is -0.496 e. The second-order valence-electron chi connectivity index (χ2n) is 7.23. The molecule has 1 heterocycles. The number of nitrogens with zero attached hydrogens (tertiary/aromatic N) is 1. The smallest absolute Gasteiger partial charge is 0.254 e. The molecule has 138 valence electrons. The molecule has 3 unspecified atom stereocenters. The van der Waals surface area contributed by atoms with E-state index in [1.54, 1.807) is 26.4 Å². The fourth-order valence-corrected chi connectivity index (χ4v) is 4.45. The summed E-state index contributed by atoms with van der Waals surface area (Å²) in [6.07, 6.45) is 5.80. The zero-order chi connectivity index (χ0) is 18.0. The molecule has 0 aromatic heterocycles. The Hall–Kier alpha value is -1.75. The summed E-state index contributed by atoms with van der Waals surface area (Å²) in [5, 5.41) is 10.4. The van der Waals surface area contributed by atoms with Gasteiger partial charge in [-0.2, -0.15) is 0 Å². The molecule has 1 saturated heterocycles. The largest absolute Gasteiger partial charge is 0.496 e. The van der Waals surface area contributed by atoms with Crippen molar-refractivity contribution < 1.29 is 19.4 Å². The van der Waals surface area contributed by atoms with Gasteiger partial charge in [-0.25, -0.2) is 0 Å². The van der Waals surface area contributed by atoms with E-state index in [1.807, 2.05) is 11.8 Å². The summed E-state index contributed by atoms with van der Waals surface area (Å²) < 4.78 is 10.8. The van der Waals surface area contributed by atoms with E-state index in [4.69, 9.17) is 9.47 Å². The number of methoxy groups -OCH3 is 2. The minimum atomic E-state index is -0.283. The molecule has 2 fully saturated rings. The number of ether oxygens (including phenoxy) is 2. The van der Waals surface area contributed by atoms with Crippen LogP contribution in [-0.4, -0.2) is 48.8 Å². The summed E-state index contributed by atoms with van der Waals surface area (Å²) in [5.41, 5.74) is 1.48.